The van der Waals surface area contributed by atoms with Crippen LogP contribution < -0.4 is 10.1 Å². The molecule has 32 heavy (non-hydrogen) atoms. The molecule has 0 heterocycles. The maximum atomic E-state index is 13.4. The molecule has 6 heteroatoms. The molecule has 1 aliphatic rings. The van der Waals surface area contributed by atoms with Crippen molar-refractivity contribution < 1.29 is 14.3 Å². The maximum absolute atomic E-state index is 13.4. The number of halogens is 1. The number of benzene rings is 2. The fraction of sp³-hybridized carbons (Fsp3) is 0.462. The Balaban J connectivity index is 1.81. The predicted molar refractivity (Wildman–Crippen MR) is 128 cm³/mol. The second-order valence-electron chi connectivity index (χ2n) is 8.44. The van der Waals surface area contributed by atoms with Crippen molar-refractivity contribution in [1.29, 1.82) is 0 Å². The Morgan fingerprint density at radius 1 is 1.09 bits per heavy atom. The maximum Gasteiger partial charge on any atom is 0.243 e. The van der Waals surface area contributed by atoms with Gasteiger partial charge in [0.1, 0.15) is 11.8 Å². The summed E-state index contributed by atoms with van der Waals surface area (Å²) in [5, 5.41) is 3.84. The topological polar surface area (TPSA) is 58.6 Å². The Kier molecular flexibility index (Phi) is 8.98. The van der Waals surface area contributed by atoms with Gasteiger partial charge in [-0.1, -0.05) is 62.1 Å². The van der Waals surface area contributed by atoms with E-state index >= 15 is 0 Å². The average Bonchev–Trinajstić information content (AvgIpc) is 2.81. The Labute approximate surface area is 196 Å². The van der Waals surface area contributed by atoms with E-state index in [1.54, 1.807) is 24.1 Å². The van der Waals surface area contributed by atoms with E-state index in [9.17, 15) is 9.59 Å². The number of hydrogen-bond donors (Lipinski definition) is 1. The van der Waals surface area contributed by atoms with E-state index in [-0.39, 0.29) is 24.3 Å². The molecule has 0 unspecified atom stereocenters. The number of carbonyl (C=O) groups is 2. The lowest BCUT2D eigenvalue weighted by atomic mass is 9.95. The first-order valence-electron chi connectivity index (χ1n) is 11.5. The van der Waals surface area contributed by atoms with Crippen LogP contribution in [0.4, 0.5) is 0 Å². The lowest BCUT2D eigenvalue weighted by molar-refractivity contribution is -0.141. The summed E-state index contributed by atoms with van der Waals surface area (Å²) in [7, 11) is 1.62. The number of methoxy groups -OCH3 is 1. The van der Waals surface area contributed by atoms with Crippen LogP contribution >= 0.6 is 11.6 Å². The van der Waals surface area contributed by atoms with Crippen molar-refractivity contribution in [3.05, 3.63) is 64.7 Å². The number of ether oxygens (including phenoxy) is 1. The summed E-state index contributed by atoms with van der Waals surface area (Å²) in [5.41, 5.74) is 1.80. The average molecular weight is 457 g/mol. The van der Waals surface area contributed by atoms with Crippen molar-refractivity contribution in [3.63, 3.8) is 0 Å². The molecule has 1 N–H and O–H groups in total. The number of amides is 2. The first-order chi connectivity index (χ1) is 15.5. The normalized spacial score (nSPS) is 15.1. The van der Waals surface area contributed by atoms with Crippen LogP contribution in [0, 0.1) is 0 Å². The quantitative estimate of drug-likeness (QED) is 0.567. The summed E-state index contributed by atoms with van der Waals surface area (Å²) in [4.78, 5) is 28.4. The Morgan fingerprint density at radius 3 is 2.47 bits per heavy atom. The molecule has 2 aromatic carbocycles. The van der Waals surface area contributed by atoms with Gasteiger partial charge in [0.25, 0.3) is 0 Å². The molecule has 2 aromatic rings. The smallest absolute Gasteiger partial charge is 0.243 e. The van der Waals surface area contributed by atoms with Gasteiger partial charge >= 0.3 is 0 Å². The summed E-state index contributed by atoms with van der Waals surface area (Å²) < 4.78 is 5.34. The van der Waals surface area contributed by atoms with Crippen molar-refractivity contribution in [1.82, 2.24) is 10.2 Å². The predicted octanol–water partition coefficient (Wildman–Crippen LogP) is 5.15. The van der Waals surface area contributed by atoms with Gasteiger partial charge in [0.05, 0.1) is 13.5 Å². The Bertz CT molecular complexity index is 894. The molecule has 3 rings (SSSR count). The molecule has 0 bridgehead atoms. The minimum atomic E-state index is -0.525. The molecule has 2 amide bonds. The highest BCUT2D eigenvalue weighted by atomic mass is 35.5. The van der Waals surface area contributed by atoms with E-state index in [1.807, 2.05) is 43.3 Å². The minimum absolute atomic E-state index is 0.0632. The monoisotopic (exact) mass is 456 g/mol. The van der Waals surface area contributed by atoms with E-state index in [0.717, 1.165) is 42.6 Å². The highest BCUT2D eigenvalue weighted by Gasteiger charge is 2.30. The van der Waals surface area contributed by atoms with Crippen LogP contribution in [-0.2, 0) is 22.6 Å². The van der Waals surface area contributed by atoms with Gasteiger partial charge in [0, 0.05) is 17.6 Å². The molecular formula is C26H33ClN2O3. The largest absolute Gasteiger partial charge is 0.497 e. The van der Waals surface area contributed by atoms with Gasteiger partial charge in [-0.2, -0.15) is 0 Å². The summed E-state index contributed by atoms with van der Waals surface area (Å²) in [6, 6.07) is 14.6. The molecule has 1 saturated carbocycles. The fourth-order valence-corrected chi connectivity index (χ4v) is 4.44. The third kappa shape index (κ3) is 6.73. The fourth-order valence-electron chi connectivity index (χ4n) is 4.31. The van der Waals surface area contributed by atoms with Crippen molar-refractivity contribution in [3.8, 4) is 5.75 Å². The first kappa shape index (κ1) is 24.1. The highest BCUT2D eigenvalue weighted by molar-refractivity contribution is 6.30. The minimum Gasteiger partial charge on any atom is -0.497 e. The van der Waals surface area contributed by atoms with Crippen LogP contribution in [0.5, 0.6) is 5.75 Å². The van der Waals surface area contributed by atoms with Crippen molar-refractivity contribution in [2.24, 2.45) is 0 Å². The van der Waals surface area contributed by atoms with Crippen molar-refractivity contribution in [2.45, 2.75) is 70.5 Å². The lowest BCUT2D eigenvalue weighted by Gasteiger charge is -2.33. The molecule has 0 radical (unpaired) electrons. The molecule has 1 aliphatic carbocycles. The van der Waals surface area contributed by atoms with E-state index in [0.29, 0.717) is 18.0 Å². The van der Waals surface area contributed by atoms with Crippen LogP contribution in [-0.4, -0.2) is 35.9 Å². The number of hydrogen-bond acceptors (Lipinski definition) is 3. The van der Waals surface area contributed by atoms with Crippen molar-refractivity contribution in [2.75, 3.05) is 7.11 Å². The van der Waals surface area contributed by atoms with Crippen molar-refractivity contribution >= 4 is 23.4 Å². The van der Waals surface area contributed by atoms with Gasteiger partial charge in [-0.05, 0) is 54.7 Å². The second kappa shape index (κ2) is 11.9. The van der Waals surface area contributed by atoms with Crippen LogP contribution in [0.3, 0.4) is 0 Å². The lowest BCUT2D eigenvalue weighted by Crippen LogP contribution is -2.51. The summed E-state index contributed by atoms with van der Waals surface area (Å²) in [6.45, 7) is 2.31. The zero-order valence-corrected chi connectivity index (χ0v) is 19.7. The molecule has 0 saturated heterocycles. The zero-order valence-electron chi connectivity index (χ0n) is 19.0. The number of rotatable bonds is 9. The first-order valence-corrected chi connectivity index (χ1v) is 11.8. The third-order valence-electron chi connectivity index (χ3n) is 6.09. The molecule has 0 spiro atoms. The summed E-state index contributed by atoms with van der Waals surface area (Å²) in [5.74, 6) is 0.583. The van der Waals surface area contributed by atoms with Crippen LogP contribution in [0.2, 0.25) is 5.02 Å². The Morgan fingerprint density at radius 2 is 1.81 bits per heavy atom. The van der Waals surface area contributed by atoms with Gasteiger partial charge in [-0.25, -0.2) is 0 Å². The summed E-state index contributed by atoms with van der Waals surface area (Å²) in [6.07, 6.45) is 6.30. The van der Waals surface area contributed by atoms with E-state index < -0.39 is 6.04 Å². The molecule has 172 valence electrons. The molecule has 0 aromatic heterocycles. The van der Waals surface area contributed by atoms with Gasteiger partial charge in [0.15, 0.2) is 0 Å². The van der Waals surface area contributed by atoms with E-state index in [1.165, 1.54) is 6.42 Å². The number of nitrogens with one attached hydrogen (secondary N) is 1. The standard InChI is InChI=1S/C26H33ClN2O3/c1-3-24(26(31)28-22-9-5-4-6-10-22)29(18-20-8-7-11-23(16-20)32-2)25(30)17-19-12-14-21(27)15-13-19/h7-8,11-16,22,24H,3-6,9-10,17-18H2,1-2H3,(H,28,31)/t24-/m1/s1. The number of carbonyl (C=O) groups excluding carboxylic acids is 2. The van der Waals surface area contributed by atoms with Crippen LogP contribution in [0.1, 0.15) is 56.6 Å². The van der Waals surface area contributed by atoms with Gasteiger partial charge < -0.3 is 15.0 Å². The second-order valence-corrected chi connectivity index (χ2v) is 8.88. The molecule has 1 atom stereocenters. The molecule has 1 fully saturated rings. The van der Waals surface area contributed by atoms with Gasteiger partial charge in [-0.15, -0.1) is 0 Å². The Hall–Kier alpha value is -2.53. The summed E-state index contributed by atoms with van der Waals surface area (Å²) >= 11 is 5.99. The molecule has 0 aliphatic heterocycles. The van der Waals surface area contributed by atoms with E-state index in [4.69, 9.17) is 16.3 Å². The van der Waals surface area contributed by atoms with Crippen LogP contribution in [0.15, 0.2) is 48.5 Å². The number of nitrogens with zero attached hydrogens (tertiary/aromatic N) is 1. The van der Waals surface area contributed by atoms with Gasteiger partial charge in [-0.3, -0.25) is 9.59 Å². The zero-order chi connectivity index (χ0) is 22.9. The van der Waals surface area contributed by atoms with Gasteiger partial charge in [0.2, 0.25) is 11.8 Å². The van der Waals surface area contributed by atoms with E-state index in [2.05, 4.69) is 5.32 Å². The van der Waals surface area contributed by atoms with Crippen LogP contribution in [0.25, 0.3) is 0 Å². The molecule has 5 nitrogen and oxygen atoms in total. The SMILES string of the molecule is CC[C@H](C(=O)NC1CCCCC1)N(Cc1cccc(OC)c1)C(=O)Cc1ccc(Cl)cc1. The highest BCUT2D eigenvalue weighted by Crippen LogP contribution is 2.21. The molecular weight excluding hydrogens is 424 g/mol. The third-order valence-corrected chi connectivity index (χ3v) is 6.35.